The van der Waals surface area contributed by atoms with Crippen molar-refractivity contribution in [2.75, 3.05) is 38.4 Å². The minimum Gasteiger partial charge on any atom is -0.382 e. The highest BCUT2D eigenvalue weighted by Gasteiger charge is 2.16. The van der Waals surface area contributed by atoms with Crippen LogP contribution in [-0.2, 0) is 19.3 Å². The van der Waals surface area contributed by atoms with Crippen LogP contribution in [0.15, 0.2) is 29.2 Å². The molecule has 0 aliphatic heterocycles. The Kier molecular flexibility index (Phi) is 6.27. The lowest BCUT2D eigenvalue weighted by Crippen LogP contribution is -2.27. The Bertz CT molecular complexity index is 487. The largest absolute Gasteiger partial charge is 0.382 e. The van der Waals surface area contributed by atoms with Crippen LogP contribution in [0.3, 0.4) is 0 Å². The summed E-state index contributed by atoms with van der Waals surface area (Å²) in [4.78, 5) is 0.324. The maximum Gasteiger partial charge on any atom is 0.180 e. The summed E-state index contributed by atoms with van der Waals surface area (Å²) in [6, 6.07) is 6.88. The molecule has 6 heteroatoms. The molecule has 5 nitrogen and oxygen atoms in total. The fourth-order valence-corrected chi connectivity index (χ4v) is 2.73. The molecule has 0 saturated heterocycles. The zero-order valence-electron chi connectivity index (χ0n) is 11.5. The molecule has 1 aromatic carbocycles. The van der Waals surface area contributed by atoms with E-state index in [0.717, 1.165) is 0 Å². The molecule has 0 aliphatic rings. The smallest absolute Gasteiger partial charge is 0.180 e. The van der Waals surface area contributed by atoms with Crippen molar-refractivity contribution in [3.05, 3.63) is 24.3 Å². The molecule has 0 aliphatic carbocycles. The average Bonchev–Trinajstić information content (AvgIpc) is 2.43. The van der Waals surface area contributed by atoms with Gasteiger partial charge in [-0.15, -0.1) is 0 Å². The number of hydrogen-bond acceptors (Lipinski definition) is 5. The number of hydrogen-bond donors (Lipinski definition) is 1. The van der Waals surface area contributed by atoms with Gasteiger partial charge in [-0.1, -0.05) is 19.1 Å². The molecule has 0 radical (unpaired) electrons. The number of methoxy groups -OCH3 is 2. The summed E-state index contributed by atoms with van der Waals surface area (Å²) in [6.45, 7) is 2.57. The Hall–Kier alpha value is -1.11. The van der Waals surface area contributed by atoms with Crippen LogP contribution in [-0.4, -0.2) is 47.6 Å². The lowest BCUT2D eigenvalue weighted by atomic mass is 10.3. The third-order valence-corrected chi connectivity index (χ3v) is 4.59. The van der Waals surface area contributed by atoms with Gasteiger partial charge in [-0.2, -0.15) is 0 Å². The van der Waals surface area contributed by atoms with Crippen LogP contribution in [0.5, 0.6) is 0 Å². The van der Waals surface area contributed by atoms with Crippen LogP contribution in [0.4, 0.5) is 5.69 Å². The molecule has 1 N–H and O–H groups in total. The van der Waals surface area contributed by atoms with Gasteiger partial charge >= 0.3 is 0 Å². The van der Waals surface area contributed by atoms with E-state index in [2.05, 4.69) is 5.32 Å². The number of para-hydroxylation sites is 1. The van der Waals surface area contributed by atoms with Crippen LogP contribution in [0.2, 0.25) is 0 Å². The van der Waals surface area contributed by atoms with Crippen LogP contribution >= 0.6 is 0 Å². The quantitative estimate of drug-likeness (QED) is 0.786. The summed E-state index contributed by atoms with van der Waals surface area (Å²) in [6.07, 6.45) is -0.123. The monoisotopic (exact) mass is 287 g/mol. The molecule has 0 heterocycles. The SMILES string of the molecule is CCS(=O)(=O)c1ccccc1NCC(COC)OC. The first-order valence-corrected chi connectivity index (χ1v) is 7.77. The Balaban J connectivity index is 2.84. The van der Waals surface area contributed by atoms with Gasteiger partial charge in [-0.05, 0) is 12.1 Å². The van der Waals surface area contributed by atoms with E-state index < -0.39 is 9.84 Å². The van der Waals surface area contributed by atoms with Crippen molar-refractivity contribution in [3.63, 3.8) is 0 Å². The third kappa shape index (κ3) is 4.49. The van der Waals surface area contributed by atoms with Crippen molar-refractivity contribution in [2.45, 2.75) is 17.9 Å². The number of benzene rings is 1. The number of rotatable bonds is 8. The molecule has 108 valence electrons. The summed E-state index contributed by atoms with van der Waals surface area (Å²) in [5, 5.41) is 3.11. The topological polar surface area (TPSA) is 64.6 Å². The molecule has 0 aromatic heterocycles. The van der Waals surface area contributed by atoms with Gasteiger partial charge < -0.3 is 14.8 Å². The van der Waals surface area contributed by atoms with E-state index in [1.54, 1.807) is 45.4 Å². The van der Waals surface area contributed by atoms with Gasteiger partial charge in [0.15, 0.2) is 9.84 Å². The van der Waals surface area contributed by atoms with Crippen LogP contribution in [0.25, 0.3) is 0 Å². The maximum atomic E-state index is 12.0. The van der Waals surface area contributed by atoms with E-state index in [1.807, 2.05) is 0 Å². The first-order chi connectivity index (χ1) is 9.05. The van der Waals surface area contributed by atoms with E-state index in [4.69, 9.17) is 9.47 Å². The predicted molar refractivity (Wildman–Crippen MR) is 75.3 cm³/mol. The highest BCUT2D eigenvalue weighted by atomic mass is 32.2. The molecule has 19 heavy (non-hydrogen) atoms. The van der Waals surface area contributed by atoms with Crippen LogP contribution in [0.1, 0.15) is 6.92 Å². The van der Waals surface area contributed by atoms with Crippen molar-refractivity contribution in [2.24, 2.45) is 0 Å². The Morgan fingerprint density at radius 1 is 1.26 bits per heavy atom. The fourth-order valence-electron chi connectivity index (χ4n) is 1.66. The molecule has 0 saturated carbocycles. The summed E-state index contributed by atoms with van der Waals surface area (Å²) in [5.74, 6) is 0.0808. The highest BCUT2D eigenvalue weighted by Crippen LogP contribution is 2.21. The summed E-state index contributed by atoms with van der Waals surface area (Å²) >= 11 is 0. The molecular formula is C13H21NO4S. The highest BCUT2D eigenvalue weighted by molar-refractivity contribution is 7.91. The van der Waals surface area contributed by atoms with Crippen molar-refractivity contribution < 1.29 is 17.9 Å². The molecule has 0 spiro atoms. The Labute approximate surface area is 114 Å². The maximum absolute atomic E-state index is 12.0. The molecule has 1 aromatic rings. The minimum atomic E-state index is -3.23. The molecule has 1 atom stereocenters. The molecule has 0 amide bonds. The standard InChI is InChI=1S/C13H21NO4S/c1-4-19(15,16)13-8-6-5-7-12(13)14-9-11(18-3)10-17-2/h5-8,11,14H,4,9-10H2,1-3H3. The normalized spacial score (nSPS) is 13.2. The first kappa shape index (κ1) is 15.9. The molecule has 1 unspecified atom stereocenters. The lowest BCUT2D eigenvalue weighted by Gasteiger charge is -2.17. The van der Waals surface area contributed by atoms with Crippen molar-refractivity contribution in [1.82, 2.24) is 0 Å². The van der Waals surface area contributed by atoms with Gasteiger partial charge in [-0.3, -0.25) is 0 Å². The molecule has 1 rings (SSSR count). The van der Waals surface area contributed by atoms with Gasteiger partial charge in [0.05, 0.1) is 29.0 Å². The average molecular weight is 287 g/mol. The lowest BCUT2D eigenvalue weighted by molar-refractivity contribution is 0.0365. The molecule has 0 fully saturated rings. The van der Waals surface area contributed by atoms with Gasteiger partial charge in [0, 0.05) is 20.8 Å². The number of sulfone groups is 1. The minimum absolute atomic E-state index is 0.0808. The van der Waals surface area contributed by atoms with Gasteiger partial charge in [-0.25, -0.2) is 8.42 Å². The summed E-state index contributed by atoms with van der Waals surface area (Å²) in [7, 11) is -0.0343. The first-order valence-electron chi connectivity index (χ1n) is 6.12. The second-order valence-corrected chi connectivity index (χ2v) is 6.34. The third-order valence-electron chi connectivity index (χ3n) is 2.81. The van der Waals surface area contributed by atoms with Gasteiger partial charge in [0.25, 0.3) is 0 Å². The fraction of sp³-hybridized carbons (Fsp3) is 0.538. The summed E-state index contributed by atoms with van der Waals surface area (Å²) < 4.78 is 34.2. The van der Waals surface area contributed by atoms with Gasteiger partial charge in [0.1, 0.15) is 0 Å². The van der Waals surface area contributed by atoms with Crippen molar-refractivity contribution in [1.29, 1.82) is 0 Å². The zero-order chi connectivity index (χ0) is 14.3. The molecule has 0 bridgehead atoms. The Morgan fingerprint density at radius 3 is 2.53 bits per heavy atom. The van der Waals surface area contributed by atoms with E-state index in [-0.39, 0.29) is 11.9 Å². The number of anilines is 1. The van der Waals surface area contributed by atoms with E-state index in [0.29, 0.717) is 23.7 Å². The zero-order valence-corrected chi connectivity index (χ0v) is 12.4. The van der Waals surface area contributed by atoms with Crippen LogP contribution in [0, 0.1) is 0 Å². The second kappa shape index (κ2) is 7.47. The number of nitrogens with one attached hydrogen (secondary N) is 1. The summed E-state index contributed by atoms with van der Waals surface area (Å²) in [5.41, 5.74) is 0.600. The van der Waals surface area contributed by atoms with E-state index >= 15 is 0 Å². The van der Waals surface area contributed by atoms with Crippen molar-refractivity contribution >= 4 is 15.5 Å². The van der Waals surface area contributed by atoms with Crippen molar-refractivity contribution in [3.8, 4) is 0 Å². The second-order valence-electron chi connectivity index (χ2n) is 4.09. The molecular weight excluding hydrogens is 266 g/mol. The Morgan fingerprint density at radius 2 is 1.95 bits per heavy atom. The number of ether oxygens (including phenoxy) is 2. The van der Waals surface area contributed by atoms with E-state index in [1.165, 1.54) is 0 Å². The van der Waals surface area contributed by atoms with Gasteiger partial charge in [0.2, 0.25) is 0 Å². The predicted octanol–water partition coefficient (Wildman–Crippen LogP) is 1.55. The van der Waals surface area contributed by atoms with Crippen LogP contribution < -0.4 is 5.32 Å². The van der Waals surface area contributed by atoms with E-state index in [9.17, 15) is 8.42 Å².